The number of rotatable bonds is 11. The summed E-state index contributed by atoms with van der Waals surface area (Å²) >= 11 is 0. The van der Waals surface area contributed by atoms with Crippen molar-refractivity contribution in [2.24, 2.45) is 4.99 Å². The highest BCUT2D eigenvalue weighted by atomic mass is 16.6. The first-order valence-electron chi connectivity index (χ1n) is 9.58. The first kappa shape index (κ1) is 22.2. The normalized spacial score (nSPS) is 11.2. The Labute approximate surface area is 171 Å². The van der Waals surface area contributed by atoms with E-state index in [1.54, 1.807) is 19.2 Å². The maximum Gasteiger partial charge on any atom is 0.269 e. The van der Waals surface area contributed by atoms with Crippen molar-refractivity contribution < 1.29 is 14.4 Å². The molecule has 8 heteroatoms. The molecule has 0 aromatic heterocycles. The molecule has 2 rings (SSSR count). The molecule has 0 aliphatic rings. The summed E-state index contributed by atoms with van der Waals surface area (Å²) in [4.78, 5) is 15.0. The molecule has 2 aromatic rings. The van der Waals surface area contributed by atoms with Gasteiger partial charge in [0.15, 0.2) is 5.96 Å². The van der Waals surface area contributed by atoms with E-state index in [1.165, 1.54) is 12.1 Å². The summed E-state index contributed by atoms with van der Waals surface area (Å²) in [5.74, 6) is 1.46. The Balaban J connectivity index is 1.97. The minimum absolute atomic E-state index is 0.0784. The zero-order chi connectivity index (χ0) is 20.9. The Morgan fingerprint density at radius 3 is 2.62 bits per heavy atom. The molecular weight excluding hydrogens is 372 g/mol. The molecule has 2 aromatic carbocycles. The van der Waals surface area contributed by atoms with Crippen LogP contribution in [0.1, 0.15) is 24.5 Å². The van der Waals surface area contributed by atoms with Crippen LogP contribution in [0.25, 0.3) is 0 Å². The predicted octanol–water partition coefficient (Wildman–Crippen LogP) is 3.27. The molecule has 0 atom stereocenters. The molecule has 29 heavy (non-hydrogen) atoms. The summed E-state index contributed by atoms with van der Waals surface area (Å²) in [5.41, 5.74) is 2.05. The second-order valence-corrected chi connectivity index (χ2v) is 6.27. The molecule has 0 aliphatic heterocycles. The van der Waals surface area contributed by atoms with Crippen molar-refractivity contribution in [1.29, 1.82) is 0 Å². The fourth-order valence-electron chi connectivity index (χ4n) is 2.56. The number of nitro groups is 1. The van der Waals surface area contributed by atoms with E-state index in [0.717, 1.165) is 29.8 Å². The largest absolute Gasteiger partial charge is 0.497 e. The van der Waals surface area contributed by atoms with Gasteiger partial charge in [0.25, 0.3) is 5.69 Å². The van der Waals surface area contributed by atoms with Crippen LogP contribution in [-0.4, -0.2) is 37.8 Å². The van der Waals surface area contributed by atoms with Crippen molar-refractivity contribution in [1.82, 2.24) is 10.6 Å². The van der Waals surface area contributed by atoms with E-state index in [2.05, 4.69) is 15.6 Å². The summed E-state index contributed by atoms with van der Waals surface area (Å²) in [5, 5.41) is 17.3. The van der Waals surface area contributed by atoms with Gasteiger partial charge < -0.3 is 20.1 Å². The molecule has 2 N–H and O–H groups in total. The Morgan fingerprint density at radius 1 is 1.14 bits per heavy atom. The lowest BCUT2D eigenvalue weighted by Crippen LogP contribution is -2.37. The number of methoxy groups -OCH3 is 1. The van der Waals surface area contributed by atoms with Crippen LogP contribution in [0.15, 0.2) is 53.5 Å². The average molecular weight is 400 g/mol. The fourth-order valence-corrected chi connectivity index (χ4v) is 2.56. The van der Waals surface area contributed by atoms with Crippen LogP contribution < -0.4 is 15.4 Å². The van der Waals surface area contributed by atoms with Gasteiger partial charge in [-0.05, 0) is 36.6 Å². The molecule has 0 bridgehead atoms. The maximum absolute atomic E-state index is 10.8. The van der Waals surface area contributed by atoms with Crippen molar-refractivity contribution in [2.45, 2.75) is 26.4 Å². The molecule has 8 nitrogen and oxygen atoms in total. The zero-order valence-corrected chi connectivity index (χ0v) is 16.9. The number of ether oxygens (including phenoxy) is 2. The summed E-state index contributed by atoms with van der Waals surface area (Å²) < 4.78 is 10.6. The Kier molecular flexibility index (Phi) is 9.44. The minimum atomic E-state index is -0.405. The molecule has 156 valence electrons. The molecule has 0 unspecified atom stereocenters. The summed E-state index contributed by atoms with van der Waals surface area (Å²) in [6.07, 6.45) is 0.866. The number of non-ortho nitro benzene ring substituents is 1. The van der Waals surface area contributed by atoms with Crippen LogP contribution >= 0.6 is 0 Å². The average Bonchev–Trinajstić information content (AvgIpc) is 2.75. The molecule has 0 saturated heterocycles. The third-order valence-electron chi connectivity index (χ3n) is 4.12. The fraction of sp³-hybridized carbons (Fsp3) is 0.381. The van der Waals surface area contributed by atoms with Crippen molar-refractivity contribution >= 4 is 11.6 Å². The van der Waals surface area contributed by atoms with Crippen molar-refractivity contribution in [3.63, 3.8) is 0 Å². The predicted molar refractivity (Wildman–Crippen MR) is 113 cm³/mol. The number of hydrogen-bond acceptors (Lipinski definition) is 5. The molecule has 0 aliphatic carbocycles. The van der Waals surface area contributed by atoms with E-state index in [-0.39, 0.29) is 5.69 Å². The second-order valence-electron chi connectivity index (χ2n) is 6.27. The number of nitrogens with zero attached hydrogens (tertiary/aromatic N) is 2. The van der Waals surface area contributed by atoms with Gasteiger partial charge in [-0.25, -0.2) is 4.99 Å². The summed E-state index contributed by atoms with van der Waals surface area (Å²) in [6.45, 7) is 5.10. The highest BCUT2D eigenvalue weighted by Crippen LogP contribution is 2.13. The summed E-state index contributed by atoms with van der Waals surface area (Å²) in [7, 11) is 1.64. The highest BCUT2D eigenvalue weighted by Gasteiger charge is 2.05. The number of nitrogens with one attached hydrogen (secondary N) is 2. The molecule has 0 spiro atoms. The van der Waals surface area contributed by atoms with Gasteiger partial charge in [-0.15, -0.1) is 0 Å². The third kappa shape index (κ3) is 8.18. The molecular formula is C21H28N4O4. The van der Waals surface area contributed by atoms with E-state index in [9.17, 15) is 10.1 Å². The SMILES string of the molecule is CCOCCCNC(=NCc1cccc(OC)c1)NCc1ccc([N+](=O)[O-])cc1. The maximum atomic E-state index is 10.8. The number of benzene rings is 2. The van der Waals surface area contributed by atoms with Gasteiger partial charge >= 0.3 is 0 Å². The molecule has 0 amide bonds. The third-order valence-corrected chi connectivity index (χ3v) is 4.12. The van der Waals surface area contributed by atoms with Crippen molar-refractivity contribution in [3.05, 3.63) is 69.8 Å². The van der Waals surface area contributed by atoms with Gasteiger partial charge in [-0.3, -0.25) is 10.1 Å². The zero-order valence-electron chi connectivity index (χ0n) is 16.9. The van der Waals surface area contributed by atoms with Crippen molar-refractivity contribution in [2.75, 3.05) is 26.9 Å². The van der Waals surface area contributed by atoms with Gasteiger partial charge in [0, 0.05) is 38.4 Å². The number of nitro benzene ring substituents is 1. The Bertz CT molecular complexity index is 794. The smallest absolute Gasteiger partial charge is 0.269 e. The van der Waals surface area contributed by atoms with Crippen LogP contribution in [0, 0.1) is 10.1 Å². The monoisotopic (exact) mass is 400 g/mol. The quantitative estimate of drug-likeness (QED) is 0.198. The van der Waals surface area contributed by atoms with Gasteiger partial charge in [-0.1, -0.05) is 24.3 Å². The van der Waals surface area contributed by atoms with E-state index in [1.807, 2.05) is 31.2 Å². The van der Waals surface area contributed by atoms with Crippen LogP contribution in [-0.2, 0) is 17.8 Å². The van der Waals surface area contributed by atoms with Crippen LogP contribution in [0.5, 0.6) is 5.75 Å². The topological polar surface area (TPSA) is 98.0 Å². The Hall–Kier alpha value is -3.13. The van der Waals surface area contributed by atoms with Gasteiger partial charge in [-0.2, -0.15) is 0 Å². The lowest BCUT2D eigenvalue weighted by Gasteiger charge is -2.13. The molecule has 0 radical (unpaired) electrons. The minimum Gasteiger partial charge on any atom is -0.497 e. The number of aliphatic imine (C=N–C) groups is 1. The Morgan fingerprint density at radius 2 is 1.93 bits per heavy atom. The lowest BCUT2D eigenvalue weighted by atomic mass is 10.2. The summed E-state index contributed by atoms with van der Waals surface area (Å²) in [6, 6.07) is 14.2. The van der Waals surface area contributed by atoms with E-state index < -0.39 is 4.92 Å². The first-order valence-corrected chi connectivity index (χ1v) is 9.58. The van der Waals surface area contributed by atoms with Gasteiger partial charge in [0.2, 0.25) is 0 Å². The molecule has 0 heterocycles. The van der Waals surface area contributed by atoms with E-state index in [4.69, 9.17) is 9.47 Å². The molecule has 0 saturated carbocycles. The number of hydrogen-bond donors (Lipinski definition) is 2. The highest BCUT2D eigenvalue weighted by molar-refractivity contribution is 5.79. The van der Waals surface area contributed by atoms with Crippen LogP contribution in [0.2, 0.25) is 0 Å². The lowest BCUT2D eigenvalue weighted by molar-refractivity contribution is -0.384. The van der Waals surface area contributed by atoms with Crippen molar-refractivity contribution in [3.8, 4) is 5.75 Å². The molecule has 0 fully saturated rings. The first-order chi connectivity index (χ1) is 14.1. The van der Waals surface area contributed by atoms with Crippen LogP contribution in [0.4, 0.5) is 5.69 Å². The van der Waals surface area contributed by atoms with Crippen LogP contribution in [0.3, 0.4) is 0 Å². The van der Waals surface area contributed by atoms with E-state index in [0.29, 0.717) is 32.3 Å². The number of guanidine groups is 1. The second kappa shape index (κ2) is 12.4. The van der Waals surface area contributed by atoms with E-state index >= 15 is 0 Å². The van der Waals surface area contributed by atoms with Gasteiger partial charge in [0.05, 0.1) is 18.6 Å². The van der Waals surface area contributed by atoms with Gasteiger partial charge in [0.1, 0.15) is 5.75 Å². The standard InChI is InChI=1S/C21H28N4O4/c1-3-29-13-5-12-22-21(24-16-18-6-4-7-20(14-18)28-2)23-15-17-8-10-19(11-9-17)25(26)27/h4,6-11,14H,3,5,12-13,15-16H2,1-2H3,(H2,22,23,24).